The molecule has 202 valence electrons. The van der Waals surface area contributed by atoms with Crippen molar-refractivity contribution in [2.24, 2.45) is 0 Å². The van der Waals surface area contributed by atoms with Crippen molar-refractivity contribution in [1.82, 2.24) is 9.80 Å². The zero-order valence-electron chi connectivity index (χ0n) is 21.7. The Labute approximate surface area is 241 Å². The van der Waals surface area contributed by atoms with E-state index in [2.05, 4.69) is 34.1 Å². The quantitative estimate of drug-likeness (QED) is 0.206. The molecule has 0 aliphatic carbocycles. The van der Waals surface area contributed by atoms with Crippen LogP contribution in [0.2, 0.25) is 10.0 Å². The molecule has 1 aliphatic rings. The first-order valence-electron chi connectivity index (χ1n) is 13.1. The molecule has 4 aromatic carbocycles. The molecule has 2 atom stereocenters. The first-order chi connectivity index (χ1) is 18.9. The Morgan fingerprint density at radius 1 is 0.538 bits per heavy atom. The maximum atomic E-state index is 13.3. The zero-order chi connectivity index (χ0) is 27.2. The van der Waals surface area contributed by atoms with Crippen molar-refractivity contribution in [3.8, 4) is 0 Å². The van der Waals surface area contributed by atoms with Gasteiger partial charge in [-0.15, -0.1) is 0 Å². The highest BCUT2D eigenvalue weighted by atomic mass is 35.5. The summed E-state index contributed by atoms with van der Waals surface area (Å²) in [7, 11) is -3.27. The number of benzene rings is 4. The molecule has 0 spiro atoms. The SMILES string of the molecule is O=S1(=O)C[C@H](N(Cc2ccccc2)Cc2ccccc2Cl)[C@@H](N(Cc2ccccc2)Cc2ccccc2Cl)C1. The summed E-state index contributed by atoms with van der Waals surface area (Å²) in [4.78, 5) is 4.58. The Hall–Kier alpha value is -2.67. The van der Waals surface area contributed by atoms with Crippen LogP contribution in [0.5, 0.6) is 0 Å². The third-order valence-corrected chi connectivity index (χ3v) is 9.79. The lowest BCUT2D eigenvalue weighted by molar-refractivity contribution is 0.0863. The lowest BCUT2D eigenvalue weighted by atomic mass is 10.0. The van der Waals surface area contributed by atoms with E-state index in [0.717, 1.165) is 22.3 Å². The number of halogens is 2. The average molecular weight is 580 g/mol. The third kappa shape index (κ3) is 7.30. The first kappa shape index (κ1) is 27.9. The van der Waals surface area contributed by atoms with Gasteiger partial charge in [0.1, 0.15) is 0 Å². The Morgan fingerprint density at radius 3 is 1.28 bits per heavy atom. The van der Waals surface area contributed by atoms with Gasteiger partial charge in [0, 0.05) is 48.3 Å². The van der Waals surface area contributed by atoms with Crippen LogP contribution in [-0.4, -0.2) is 41.8 Å². The van der Waals surface area contributed by atoms with Gasteiger partial charge in [0.2, 0.25) is 0 Å². The fourth-order valence-corrected chi connectivity index (χ4v) is 7.85. The topological polar surface area (TPSA) is 40.6 Å². The molecule has 0 N–H and O–H groups in total. The summed E-state index contributed by atoms with van der Waals surface area (Å²) >= 11 is 13.2. The summed E-state index contributed by atoms with van der Waals surface area (Å²) in [6.45, 7) is 2.34. The fraction of sp³-hybridized carbons (Fsp3) is 0.250. The maximum absolute atomic E-state index is 13.3. The summed E-state index contributed by atoms with van der Waals surface area (Å²) in [5, 5.41) is 1.37. The van der Waals surface area contributed by atoms with E-state index in [0.29, 0.717) is 36.2 Å². The van der Waals surface area contributed by atoms with Gasteiger partial charge in [-0.05, 0) is 34.4 Å². The minimum atomic E-state index is -3.27. The monoisotopic (exact) mass is 578 g/mol. The molecule has 39 heavy (non-hydrogen) atoms. The molecular formula is C32H32Cl2N2O2S. The highest BCUT2D eigenvalue weighted by Crippen LogP contribution is 2.31. The predicted molar refractivity (Wildman–Crippen MR) is 161 cm³/mol. The summed E-state index contributed by atoms with van der Waals surface area (Å²) in [5.74, 6) is 0.200. The van der Waals surface area contributed by atoms with Crippen LogP contribution in [-0.2, 0) is 36.0 Å². The molecule has 1 aliphatic heterocycles. The lowest BCUT2D eigenvalue weighted by Crippen LogP contribution is -2.50. The molecule has 4 aromatic rings. The van der Waals surface area contributed by atoms with Crippen LogP contribution in [0.25, 0.3) is 0 Å². The van der Waals surface area contributed by atoms with E-state index >= 15 is 0 Å². The van der Waals surface area contributed by atoms with Crippen LogP contribution in [0.15, 0.2) is 109 Å². The number of rotatable bonds is 10. The van der Waals surface area contributed by atoms with E-state index in [-0.39, 0.29) is 23.6 Å². The molecule has 7 heteroatoms. The van der Waals surface area contributed by atoms with Crippen LogP contribution < -0.4 is 0 Å². The van der Waals surface area contributed by atoms with Gasteiger partial charge in [-0.25, -0.2) is 8.42 Å². The van der Waals surface area contributed by atoms with E-state index in [1.165, 1.54) is 0 Å². The van der Waals surface area contributed by atoms with Crippen LogP contribution >= 0.6 is 23.2 Å². The van der Waals surface area contributed by atoms with Gasteiger partial charge in [0.25, 0.3) is 0 Å². The van der Waals surface area contributed by atoms with Crippen molar-refractivity contribution in [2.45, 2.75) is 38.3 Å². The van der Waals surface area contributed by atoms with Gasteiger partial charge in [0.05, 0.1) is 11.5 Å². The second kappa shape index (κ2) is 12.7. The van der Waals surface area contributed by atoms with Gasteiger partial charge in [0.15, 0.2) is 9.84 Å². The first-order valence-corrected chi connectivity index (χ1v) is 15.7. The van der Waals surface area contributed by atoms with Crippen molar-refractivity contribution >= 4 is 33.0 Å². The molecule has 0 unspecified atom stereocenters. The normalized spacial score (nSPS) is 18.6. The van der Waals surface area contributed by atoms with Crippen LogP contribution in [0.1, 0.15) is 22.3 Å². The largest absolute Gasteiger partial charge is 0.289 e. The molecule has 0 radical (unpaired) electrons. The average Bonchev–Trinajstić information content (AvgIpc) is 3.27. The number of sulfone groups is 1. The Bertz CT molecular complexity index is 1380. The summed E-state index contributed by atoms with van der Waals surface area (Å²) in [6.07, 6.45) is 0. The molecule has 4 nitrogen and oxygen atoms in total. The molecule has 5 rings (SSSR count). The molecule has 1 fully saturated rings. The van der Waals surface area contributed by atoms with Crippen molar-refractivity contribution in [3.63, 3.8) is 0 Å². The van der Waals surface area contributed by atoms with E-state index in [1.54, 1.807) is 0 Å². The molecule has 1 saturated heterocycles. The molecule has 0 amide bonds. The van der Waals surface area contributed by atoms with Crippen LogP contribution in [0, 0.1) is 0 Å². The highest BCUT2D eigenvalue weighted by molar-refractivity contribution is 7.91. The predicted octanol–water partition coefficient (Wildman–Crippen LogP) is 6.86. The summed E-state index contributed by atoms with van der Waals surface area (Å²) in [5.41, 5.74) is 4.24. The number of hydrogen-bond donors (Lipinski definition) is 0. The lowest BCUT2D eigenvalue weighted by Gasteiger charge is -2.38. The van der Waals surface area contributed by atoms with Crippen molar-refractivity contribution in [1.29, 1.82) is 0 Å². The van der Waals surface area contributed by atoms with E-state index in [1.807, 2.05) is 84.9 Å². The minimum absolute atomic E-state index is 0.1000. The molecular weight excluding hydrogens is 547 g/mol. The molecule has 1 heterocycles. The maximum Gasteiger partial charge on any atom is 0.153 e. The van der Waals surface area contributed by atoms with Crippen molar-refractivity contribution in [3.05, 3.63) is 141 Å². The number of hydrogen-bond acceptors (Lipinski definition) is 4. The Kier molecular flexibility index (Phi) is 9.06. The van der Waals surface area contributed by atoms with Crippen molar-refractivity contribution < 1.29 is 8.42 Å². The van der Waals surface area contributed by atoms with Gasteiger partial charge in [-0.2, -0.15) is 0 Å². The molecule has 0 saturated carbocycles. The van der Waals surface area contributed by atoms with E-state index in [4.69, 9.17) is 23.2 Å². The zero-order valence-corrected chi connectivity index (χ0v) is 24.0. The standard InChI is InChI=1S/C32H32Cl2N2O2S/c33-29-17-9-7-15-27(29)21-35(19-25-11-3-1-4-12-25)31-23-39(37,38)24-32(31)36(20-26-13-5-2-6-14-26)22-28-16-8-10-18-30(28)34/h1-18,31-32H,19-24H2/t31-,32-/m0/s1. The number of nitrogens with zero attached hydrogens (tertiary/aromatic N) is 2. The van der Waals surface area contributed by atoms with Gasteiger partial charge >= 0.3 is 0 Å². The summed E-state index contributed by atoms with van der Waals surface area (Å²) in [6, 6.07) is 35.6. The third-order valence-electron chi connectivity index (χ3n) is 7.35. The highest BCUT2D eigenvalue weighted by Gasteiger charge is 2.44. The van der Waals surface area contributed by atoms with E-state index in [9.17, 15) is 8.42 Å². The second-order valence-electron chi connectivity index (χ2n) is 10.2. The van der Waals surface area contributed by atoms with Crippen molar-refractivity contribution in [2.75, 3.05) is 11.5 Å². The Morgan fingerprint density at radius 2 is 0.897 bits per heavy atom. The fourth-order valence-electron chi connectivity index (χ4n) is 5.42. The smallest absolute Gasteiger partial charge is 0.153 e. The molecule has 0 bridgehead atoms. The molecule has 0 aromatic heterocycles. The van der Waals surface area contributed by atoms with Gasteiger partial charge < -0.3 is 0 Å². The second-order valence-corrected chi connectivity index (χ2v) is 13.1. The van der Waals surface area contributed by atoms with Gasteiger partial charge in [-0.3, -0.25) is 9.80 Å². The van der Waals surface area contributed by atoms with Gasteiger partial charge in [-0.1, -0.05) is 120 Å². The Balaban J connectivity index is 1.53. The van der Waals surface area contributed by atoms with E-state index < -0.39 is 9.84 Å². The van der Waals surface area contributed by atoms with Crippen LogP contribution in [0.3, 0.4) is 0 Å². The minimum Gasteiger partial charge on any atom is -0.289 e. The summed E-state index contributed by atoms with van der Waals surface area (Å²) < 4.78 is 26.6. The van der Waals surface area contributed by atoms with Crippen LogP contribution in [0.4, 0.5) is 0 Å².